The van der Waals surface area contributed by atoms with Crippen LogP contribution in [0.5, 0.6) is 5.75 Å². The van der Waals surface area contributed by atoms with E-state index in [1.54, 1.807) is 12.1 Å². The molecule has 3 aromatic rings. The summed E-state index contributed by atoms with van der Waals surface area (Å²) < 4.78 is 6.07. The molecule has 2 atom stereocenters. The third-order valence-electron chi connectivity index (χ3n) is 8.38. The highest BCUT2D eigenvalue weighted by Crippen LogP contribution is 2.56. The summed E-state index contributed by atoms with van der Waals surface area (Å²) >= 11 is 6.18. The molecular formula is C31H34ClNO3. The summed E-state index contributed by atoms with van der Waals surface area (Å²) in [7, 11) is 0. The first kappa shape index (κ1) is 24.7. The number of carboxylic acid groups (broad SMARTS) is 1. The molecule has 0 bridgehead atoms. The predicted molar refractivity (Wildman–Crippen MR) is 145 cm³/mol. The van der Waals surface area contributed by atoms with Crippen molar-refractivity contribution < 1.29 is 14.6 Å². The number of anilines is 1. The number of aliphatic carboxylic acids is 1. The number of carboxylic acids is 1. The molecule has 1 spiro atoms. The van der Waals surface area contributed by atoms with Crippen molar-refractivity contribution in [1.82, 2.24) is 0 Å². The minimum absolute atomic E-state index is 0.00651. The van der Waals surface area contributed by atoms with Crippen LogP contribution in [0, 0.1) is 11.8 Å². The summed E-state index contributed by atoms with van der Waals surface area (Å²) in [5.74, 6) is 0.994. The molecule has 1 fully saturated rings. The molecule has 2 aliphatic rings. The van der Waals surface area contributed by atoms with Crippen molar-refractivity contribution in [3.05, 3.63) is 95.0 Å². The molecule has 0 heterocycles. The monoisotopic (exact) mass is 503 g/mol. The first-order valence-electron chi connectivity index (χ1n) is 12.9. The van der Waals surface area contributed by atoms with Crippen molar-refractivity contribution in [3.63, 3.8) is 0 Å². The second-order valence-corrected chi connectivity index (χ2v) is 11.1. The fourth-order valence-electron chi connectivity index (χ4n) is 6.52. The fraction of sp³-hybridized carbons (Fsp3) is 0.387. The van der Waals surface area contributed by atoms with Gasteiger partial charge in [-0.2, -0.15) is 0 Å². The maximum atomic E-state index is 12.6. The molecule has 5 rings (SSSR count). The molecule has 0 aliphatic heterocycles. The van der Waals surface area contributed by atoms with Crippen LogP contribution in [0.15, 0.2) is 78.9 Å². The van der Waals surface area contributed by atoms with E-state index in [1.807, 2.05) is 42.5 Å². The van der Waals surface area contributed by atoms with Crippen LogP contribution in [-0.2, 0) is 16.6 Å². The molecule has 36 heavy (non-hydrogen) atoms. The van der Waals surface area contributed by atoms with Crippen molar-refractivity contribution in [2.45, 2.75) is 56.4 Å². The molecule has 2 N–H and O–H groups in total. The molecule has 1 unspecified atom stereocenters. The normalized spacial score (nSPS) is 25.8. The SMILES string of the molecule is C[C@@H](COc1ccccc1)CC1Cc2ccccc2C12CCC(Nc1cccc(Cl)c1)(C(=O)O)CC2. The van der Waals surface area contributed by atoms with E-state index in [0.29, 0.717) is 36.3 Å². The summed E-state index contributed by atoms with van der Waals surface area (Å²) in [5, 5.41) is 14.3. The summed E-state index contributed by atoms with van der Waals surface area (Å²) in [6.45, 7) is 2.95. The van der Waals surface area contributed by atoms with Crippen molar-refractivity contribution in [1.29, 1.82) is 0 Å². The lowest BCUT2D eigenvalue weighted by Gasteiger charge is -2.47. The Morgan fingerprint density at radius 3 is 2.47 bits per heavy atom. The minimum atomic E-state index is -0.986. The molecular weight excluding hydrogens is 470 g/mol. The van der Waals surface area contributed by atoms with Crippen LogP contribution < -0.4 is 10.1 Å². The zero-order valence-corrected chi connectivity index (χ0v) is 21.5. The second kappa shape index (κ2) is 10.2. The van der Waals surface area contributed by atoms with Crippen LogP contribution in [0.3, 0.4) is 0 Å². The number of ether oxygens (including phenoxy) is 1. The molecule has 1 saturated carbocycles. The first-order valence-corrected chi connectivity index (χ1v) is 13.3. The van der Waals surface area contributed by atoms with Crippen LogP contribution in [0.2, 0.25) is 5.02 Å². The zero-order chi connectivity index (χ0) is 25.2. The number of hydrogen-bond donors (Lipinski definition) is 2. The van der Waals surface area contributed by atoms with Gasteiger partial charge in [-0.3, -0.25) is 0 Å². The highest BCUT2D eigenvalue weighted by atomic mass is 35.5. The summed E-state index contributed by atoms with van der Waals surface area (Å²) in [6.07, 6.45) is 4.96. The van der Waals surface area contributed by atoms with E-state index in [9.17, 15) is 9.90 Å². The molecule has 0 saturated heterocycles. The summed E-state index contributed by atoms with van der Waals surface area (Å²) in [6, 6.07) is 26.1. The van der Waals surface area contributed by atoms with Crippen LogP contribution in [0.4, 0.5) is 5.69 Å². The number of para-hydroxylation sites is 1. The number of benzene rings is 3. The van der Waals surface area contributed by atoms with E-state index in [0.717, 1.165) is 37.1 Å². The smallest absolute Gasteiger partial charge is 0.329 e. The standard InChI is InChI=1S/C31H34ClNO3/c1-22(21-36-27-11-3-2-4-12-27)18-24-19-23-8-5-6-13-28(23)30(24)14-16-31(17-15-30,29(34)35)33-26-10-7-9-25(32)20-26/h2-13,20,22,24,33H,14-19,21H2,1H3,(H,34,35)/t22-,24?,30?,31?/m1/s1. The third kappa shape index (κ3) is 4.84. The lowest BCUT2D eigenvalue weighted by molar-refractivity contribution is -0.144. The van der Waals surface area contributed by atoms with Gasteiger partial charge in [0.2, 0.25) is 0 Å². The molecule has 4 nitrogen and oxygen atoms in total. The topological polar surface area (TPSA) is 58.6 Å². The minimum Gasteiger partial charge on any atom is -0.493 e. The maximum Gasteiger partial charge on any atom is 0.329 e. The Labute approximate surface area is 218 Å². The van der Waals surface area contributed by atoms with Gasteiger partial charge in [-0.1, -0.05) is 67.1 Å². The average Bonchev–Trinajstić information content (AvgIpc) is 3.17. The Kier molecular flexibility index (Phi) is 6.98. The average molecular weight is 504 g/mol. The van der Waals surface area contributed by atoms with E-state index in [-0.39, 0.29) is 5.41 Å². The second-order valence-electron chi connectivity index (χ2n) is 10.7. The van der Waals surface area contributed by atoms with Gasteiger partial charge in [0.05, 0.1) is 6.61 Å². The zero-order valence-electron chi connectivity index (χ0n) is 20.8. The number of halogens is 1. The van der Waals surface area contributed by atoms with Crippen LogP contribution in [0.25, 0.3) is 0 Å². The van der Waals surface area contributed by atoms with Crippen LogP contribution in [0.1, 0.15) is 50.2 Å². The van der Waals surface area contributed by atoms with E-state index < -0.39 is 11.5 Å². The highest BCUT2D eigenvalue weighted by Gasteiger charge is 2.53. The Morgan fingerprint density at radius 2 is 1.75 bits per heavy atom. The van der Waals surface area contributed by atoms with Gasteiger partial charge < -0.3 is 15.2 Å². The first-order chi connectivity index (χ1) is 17.4. The number of fused-ring (bicyclic) bond motifs is 2. The number of hydrogen-bond acceptors (Lipinski definition) is 3. The third-order valence-corrected chi connectivity index (χ3v) is 8.61. The van der Waals surface area contributed by atoms with E-state index >= 15 is 0 Å². The van der Waals surface area contributed by atoms with Crippen molar-refractivity contribution in [3.8, 4) is 5.75 Å². The molecule has 0 radical (unpaired) electrons. The Balaban J connectivity index is 1.35. The Hall–Kier alpha value is -2.98. The van der Waals surface area contributed by atoms with Crippen LogP contribution >= 0.6 is 11.6 Å². The lowest BCUT2D eigenvalue weighted by Crippen LogP contribution is -2.53. The number of carbonyl (C=O) groups is 1. The van der Waals surface area contributed by atoms with Gasteiger partial charge in [0, 0.05) is 10.7 Å². The van der Waals surface area contributed by atoms with Gasteiger partial charge in [0.1, 0.15) is 11.3 Å². The van der Waals surface area contributed by atoms with Gasteiger partial charge in [0.25, 0.3) is 0 Å². The van der Waals surface area contributed by atoms with Crippen LogP contribution in [-0.4, -0.2) is 23.2 Å². The molecule has 0 aromatic heterocycles. The highest BCUT2D eigenvalue weighted by molar-refractivity contribution is 6.30. The molecule has 5 heteroatoms. The Bertz CT molecular complexity index is 1200. The lowest BCUT2D eigenvalue weighted by atomic mass is 9.59. The van der Waals surface area contributed by atoms with Gasteiger partial charge in [-0.15, -0.1) is 0 Å². The predicted octanol–water partition coefficient (Wildman–Crippen LogP) is 7.36. The summed E-state index contributed by atoms with van der Waals surface area (Å²) in [5.41, 5.74) is 2.63. The molecule has 2 aliphatic carbocycles. The van der Waals surface area contributed by atoms with E-state index in [1.165, 1.54) is 11.1 Å². The molecule has 188 valence electrons. The maximum absolute atomic E-state index is 12.6. The Morgan fingerprint density at radius 1 is 1.03 bits per heavy atom. The fourth-order valence-corrected chi connectivity index (χ4v) is 6.71. The van der Waals surface area contributed by atoms with Crippen molar-refractivity contribution in [2.24, 2.45) is 11.8 Å². The van der Waals surface area contributed by atoms with Gasteiger partial charge in [-0.05, 0) is 97.2 Å². The van der Waals surface area contributed by atoms with Gasteiger partial charge in [-0.25, -0.2) is 4.79 Å². The summed E-state index contributed by atoms with van der Waals surface area (Å²) in [4.78, 5) is 12.6. The van der Waals surface area contributed by atoms with Gasteiger partial charge in [0.15, 0.2) is 0 Å². The number of nitrogens with one attached hydrogen (secondary N) is 1. The van der Waals surface area contributed by atoms with Crippen molar-refractivity contribution >= 4 is 23.3 Å². The largest absolute Gasteiger partial charge is 0.493 e. The van der Waals surface area contributed by atoms with Crippen molar-refractivity contribution in [2.75, 3.05) is 11.9 Å². The van der Waals surface area contributed by atoms with E-state index in [4.69, 9.17) is 16.3 Å². The van der Waals surface area contributed by atoms with Gasteiger partial charge >= 0.3 is 5.97 Å². The number of rotatable bonds is 8. The quantitative estimate of drug-likeness (QED) is 0.337. The molecule has 0 amide bonds. The van der Waals surface area contributed by atoms with E-state index in [2.05, 4.69) is 36.5 Å². The molecule has 3 aromatic carbocycles.